The predicted molar refractivity (Wildman–Crippen MR) is 97.6 cm³/mol. The summed E-state index contributed by atoms with van der Waals surface area (Å²) in [5, 5.41) is 19.9. The molecular weight excluding hydrogens is 414 g/mol. The molecule has 1 fully saturated rings. The minimum Gasteiger partial charge on any atom is -0.513 e. The first-order valence-electron chi connectivity index (χ1n) is 9.24. The average molecular weight is 434 g/mol. The summed E-state index contributed by atoms with van der Waals surface area (Å²) in [5.74, 6) is -0.0313. The molecule has 1 unspecified atom stereocenters. The van der Waals surface area contributed by atoms with Crippen molar-refractivity contribution in [1.29, 1.82) is 0 Å². The van der Waals surface area contributed by atoms with Crippen LogP contribution in [0.5, 0.6) is 0 Å². The van der Waals surface area contributed by atoms with E-state index in [4.69, 9.17) is 0 Å². The van der Waals surface area contributed by atoms with Crippen LogP contribution in [0.25, 0.3) is 10.9 Å². The lowest BCUT2D eigenvalue weighted by molar-refractivity contribution is -0.142. The molecule has 0 bridgehead atoms. The van der Waals surface area contributed by atoms with E-state index < -0.39 is 35.2 Å². The number of β-amino-alcohol motifs (C(OH)–C–C–N with tert-alkyl or cyclic N) is 1. The maximum Gasteiger partial charge on any atom is 0.433 e. The van der Waals surface area contributed by atoms with Crippen molar-refractivity contribution in [3.05, 3.63) is 53.4 Å². The van der Waals surface area contributed by atoms with Gasteiger partial charge in [0, 0.05) is 17.8 Å². The summed E-state index contributed by atoms with van der Waals surface area (Å²) in [5.41, 5.74) is -3.88. The molecule has 1 aliphatic heterocycles. The first kappa shape index (κ1) is 22.4. The van der Waals surface area contributed by atoms with Gasteiger partial charge in [-0.15, -0.1) is 0 Å². The van der Waals surface area contributed by atoms with Gasteiger partial charge < -0.3 is 15.1 Å². The summed E-state index contributed by atoms with van der Waals surface area (Å²) in [6.45, 7) is 4.36. The highest BCUT2D eigenvalue weighted by Gasteiger charge is 2.38. The maximum absolute atomic E-state index is 13.3. The van der Waals surface area contributed by atoms with Crippen molar-refractivity contribution in [2.75, 3.05) is 19.6 Å². The summed E-state index contributed by atoms with van der Waals surface area (Å²) < 4.78 is 79.9. The molecule has 0 saturated carbocycles. The zero-order valence-corrected chi connectivity index (χ0v) is 15.8. The predicted octanol–water partition coefficient (Wildman–Crippen LogP) is 5.09. The molecular formula is C20H20F6N2O2. The molecule has 1 atom stereocenters. The van der Waals surface area contributed by atoms with Crippen LogP contribution in [-0.2, 0) is 12.4 Å². The van der Waals surface area contributed by atoms with Gasteiger partial charge in [-0.25, -0.2) is 4.98 Å². The molecule has 1 aromatic heterocycles. The van der Waals surface area contributed by atoms with E-state index in [1.807, 2.05) is 0 Å². The van der Waals surface area contributed by atoms with Crippen molar-refractivity contribution in [3.8, 4) is 0 Å². The van der Waals surface area contributed by atoms with Gasteiger partial charge in [0.25, 0.3) is 0 Å². The van der Waals surface area contributed by atoms with Gasteiger partial charge in [-0.2, -0.15) is 26.3 Å². The fourth-order valence-corrected chi connectivity index (χ4v) is 3.72. The van der Waals surface area contributed by atoms with E-state index in [-0.39, 0.29) is 29.2 Å². The largest absolute Gasteiger partial charge is 0.513 e. The van der Waals surface area contributed by atoms with E-state index in [0.29, 0.717) is 38.1 Å². The van der Waals surface area contributed by atoms with E-state index in [1.165, 1.54) is 6.07 Å². The molecule has 4 nitrogen and oxygen atoms in total. The minimum absolute atomic E-state index is 0.0583. The van der Waals surface area contributed by atoms with E-state index >= 15 is 0 Å². The standard InChI is InChI=1S/C20H20F6N2O2/c1-11(29)12-5-7-28(8-6-12)10-16(30)14-9-17(20(24,25)26)27-18-13(14)3-2-4-15(18)19(21,22)23/h2-4,9,12,16,29-30H,1,5-8,10H2. The second kappa shape index (κ2) is 8.07. The van der Waals surface area contributed by atoms with E-state index in [1.54, 1.807) is 4.90 Å². The van der Waals surface area contributed by atoms with Crippen LogP contribution in [0.1, 0.15) is 35.8 Å². The number of benzene rings is 1. The van der Waals surface area contributed by atoms with Crippen LogP contribution in [0, 0.1) is 5.92 Å². The number of aliphatic hydroxyl groups is 2. The Labute approximate surface area is 168 Å². The van der Waals surface area contributed by atoms with E-state index in [0.717, 1.165) is 6.07 Å². The SMILES string of the molecule is C=C(O)C1CCN(CC(O)c2cc(C(F)(F)F)nc3c(C(F)(F)F)cccc23)CC1. The van der Waals surface area contributed by atoms with Gasteiger partial charge >= 0.3 is 12.4 Å². The molecule has 0 amide bonds. The molecule has 0 spiro atoms. The molecule has 10 heteroatoms. The van der Waals surface area contributed by atoms with Crippen molar-refractivity contribution >= 4 is 10.9 Å². The van der Waals surface area contributed by atoms with Crippen molar-refractivity contribution in [3.63, 3.8) is 0 Å². The Kier molecular flexibility index (Phi) is 6.01. The molecule has 1 aliphatic rings. The number of piperidine rings is 1. The summed E-state index contributed by atoms with van der Waals surface area (Å²) in [6.07, 6.45) is -10.2. The third-order valence-corrected chi connectivity index (χ3v) is 5.32. The number of nitrogens with zero attached hydrogens (tertiary/aromatic N) is 2. The third-order valence-electron chi connectivity index (χ3n) is 5.32. The Bertz CT molecular complexity index is 933. The lowest BCUT2D eigenvalue weighted by atomic mass is 9.94. The number of likely N-dealkylation sites (tertiary alicyclic amines) is 1. The Morgan fingerprint density at radius 3 is 2.30 bits per heavy atom. The summed E-state index contributed by atoms with van der Waals surface area (Å²) in [6, 6.07) is 3.57. The van der Waals surface area contributed by atoms with Gasteiger partial charge in [0.2, 0.25) is 0 Å². The van der Waals surface area contributed by atoms with Crippen LogP contribution >= 0.6 is 0 Å². The first-order valence-corrected chi connectivity index (χ1v) is 9.24. The Balaban J connectivity index is 1.99. The average Bonchev–Trinajstić information content (AvgIpc) is 2.65. The van der Waals surface area contributed by atoms with Gasteiger partial charge in [-0.3, -0.25) is 0 Å². The Morgan fingerprint density at radius 2 is 1.77 bits per heavy atom. The number of alkyl halides is 6. The third kappa shape index (κ3) is 4.70. The lowest BCUT2D eigenvalue weighted by Gasteiger charge is -2.33. The quantitative estimate of drug-likeness (QED) is 0.520. The number of pyridine rings is 1. The summed E-state index contributed by atoms with van der Waals surface area (Å²) in [7, 11) is 0. The van der Waals surface area contributed by atoms with Crippen LogP contribution in [0.2, 0.25) is 0 Å². The van der Waals surface area contributed by atoms with Gasteiger partial charge in [0.1, 0.15) is 5.69 Å². The van der Waals surface area contributed by atoms with E-state index in [9.17, 15) is 36.6 Å². The number of aliphatic hydroxyl groups excluding tert-OH is 2. The van der Waals surface area contributed by atoms with Gasteiger partial charge in [0.05, 0.1) is 22.9 Å². The van der Waals surface area contributed by atoms with Crippen LogP contribution in [0.3, 0.4) is 0 Å². The number of rotatable bonds is 4. The highest BCUT2D eigenvalue weighted by Crippen LogP contribution is 2.39. The van der Waals surface area contributed by atoms with Crippen molar-refractivity contribution in [2.24, 2.45) is 5.92 Å². The van der Waals surface area contributed by atoms with Gasteiger partial charge in [0.15, 0.2) is 0 Å². The molecule has 2 aromatic rings. The first-order chi connectivity index (χ1) is 13.9. The molecule has 30 heavy (non-hydrogen) atoms. The monoisotopic (exact) mass is 434 g/mol. The van der Waals surface area contributed by atoms with Crippen LogP contribution in [-0.4, -0.2) is 39.7 Å². The molecule has 1 saturated heterocycles. The second-order valence-electron chi connectivity index (χ2n) is 7.38. The molecule has 0 radical (unpaired) electrons. The number of hydrogen-bond donors (Lipinski definition) is 2. The molecule has 164 valence electrons. The van der Waals surface area contributed by atoms with Crippen LogP contribution in [0.15, 0.2) is 36.6 Å². The van der Waals surface area contributed by atoms with Crippen molar-refractivity contribution < 1.29 is 36.6 Å². The number of hydrogen-bond acceptors (Lipinski definition) is 4. The Morgan fingerprint density at radius 1 is 1.13 bits per heavy atom. The summed E-state index contributed by atoms with van der Waals surface area (Å²) >= 11 is 0. The number of fused-ring (bicyclic) bond motifs is 1. The lowest BCUT2D eigenvalue weighted by Crippen LogP contribution is -2.37. The molecule has 0 aliphatic carbocycles. The second-order valence-corrected chi connectivity index (χ2v) is 7.38. The summed E-state index contributed by atoms with van der Waals surface area (Å²) in [4.78, 5) is 5.01. The normalized spacial score (nSPS) is 18.0. The number of aromatic nitrogens is 1. The molecule has 3 rings (SSSR count). The Hall–Kier alpha value is -2.33. The van der Waals surface area contributed by atoms with Crippen LogP contribution in [0.4, 0.5) is 26.3 Å². The van der Waals surface area contributed by atoms with Crippen LogP contribution < -0.4 is 0 Å². The minimum atomic E-state index is -4.97. The number of para-hydroxylation sites is 1. The highest BCUT2D eigenvalue weighted by atomic mass is 19.4. The van der Waals surface area contributed by atoms with E-state index in [2.05, 4.69) is 11.6 Å². The molecule has 2 N–H and O–H groups in total. The zero-order chi connectivity index (χ0) is 22.3. The highest BCUT2D eigenvalue weighted by molar-refractivity contribution is 5.86. The number of halogens is 6. The molecule has 1 aromatic carbocycles. The zero-order valence-electron chi connectivity index (χ0n) is 15.8. The van der Waals surface area contributed by atoms with Gasteiger partial charge in [-0.1, -0.05) is 18.7 Å². The van der Waals surface area contributed by atoms with Gasteiger partial charge in [-0.05, 0) is 43.6 Å². The molecule has 2 heterocycles. The smallest absolute Gasteiger partial charge is 0.433 e. The number of allylic oxidation sites excluding steroid dienone is 1. The maximum atomic E-state index is 13.3. The van der Waals surface area contributed by atoms with Crippen molar-refractivity contribution in [1.82, 2.24) is 9.88 Å². The fraction of sp³-hybridized carbons (Fsp3) is 0.450. The fourth-order valence-electron chi connectivity index (χ4n) is 3.72. The topological polar surface area (TPSA) is 56.6 Å². The van der Waals surface area contributed by atoms with Crippen molar-refractivity contribution in [2.45, 2.75) is 31.3 Å².